The molecule has 1 N–H and O–H groups in total. The van der Waals surface area contributed by atoms with Gasteiger partial charge in [0.15, 0.2) is 0 Å². The molecule has 0 spiro atoms. The molecule has 2 heteroatoms. The highest BCUT2D eigenvalue weighted by molar-refractivity contribution is 5.03. The number of hydrogen-bond acceptors (Lipinski definition) is 2. The highest BCUT2D eigenvalue weighted by Crippen LogP contribution is 1.97. The van der Waals surface area contributed by atoms with Gasteiger partial charge in [0.1, 0.15) is 0 Å². The summed E-state index contributed by atoms with van der Waals surface area (Å²) in [6, 6.07) is 6.73. The number of hydrogen-bond donors (Lipinski definition) is 1. The lowest BCUT2D eigenvalue weighted by Gasteiger charge is -2.10. The fraction of sp³-hybridized carbons (Fsp3) is 0.583. The fourth-order valence-electron chi connectivity index (χ4n) is 1.31. The largest absolute Gasteiger partial charge is 0.314 e. The van der Waals surface area contributed by atoms with Crippen LogP contribution in [0.3, 0.4) is 0 Å². The van der Waals surface area contributed by atoms with E-state index in [0.717, 1.165) is 13.0 Å². The Bertz CT molecular complexity index is 233. The van der Waals surface area contributed by atoms with Crippen molar-refractivity contribution in [3.05, 3.63) is 30.1 Å². The van der Waals surface area contributed by atoms with Gasteiger partial charge < -0.3 is 5.32 Å². The normalized spacial score (nSPS) is 12.7. The van der Waals surface area contributed by atoms with Crippen LogP contribution < -0.4 is 5.32 Å². The van der Waals surface area contributed by atoms with Gasteiger partial charge in [0.05, 0.1) is 0 Å². The van der Waals surface area contributed by atoms with E-state index in [1.54, 1.807) is 0 Å². The summed E-state index contributed by atoms with van der Waals surface area (Å²) >= 11 is 0. The van der Waals surface area contributed by atoms with Gasteiger partial charge in [-0.3, -0.25) is 4.98 Å². The molecular weight excluding hydrogens is 172 g/mol. The Morgan fingerprint density at radius 3 is 2.93 bits per heavy atom. The third kappa shape index (κ3) is 4.38. The molecule has 0 saturated heterocycles. The Labute approximate surface area is 86.8 Å². The van der Waals surface area contributed by atoms with Crippen molar-refractivity contribution >= 4 is 0 Å². The van der Waals surface area contributed by atoms with Crippen molar-refractivity contribution in [2.24, 2.45) is 0 Å². The molecule has 1 rings (SSSR count). The van der Waals surface area contributed by atoms with Crippen LogP contribution in [0, 0.1) is 0 Å². The van der Waals surface area contributed by atoms with Crippen LogP contribution in [0.1, 0.15) is 32.4 Å². The van der Waals surface area contributed by atoms with E-state index in [2.05, 4.69) is 30.2 Å². The van der Waals surface area contributed by atoms with E-state index in [4.69, 9.17) is 0 Å². The molecule has 1 heterocycles. The van der Waals surface area contributed by atoms with Gasteiger partial charge >= 0.3 is 0 Å². The smallest absolute Gasteiger partial charge is 0.0404 e. The van der Waals surface area contributed by atoms with E-state index in [-0.39, 0.29) is 0 Å². The van der Waals surface area contributed by atoms with Crippen LogP contribution in [-0.4, -0.2) is 17.6 Å². The van der Waals surface area contributed by atoms with Crippen molar-refractivity contribution in [1.82, 2.24) is 10.3 Å². The number of pyridine rings is 1. The molecule has 0 aliphatic carbocycles. The van der Waals surface area contributed by atoms with Gasteiger partial charge in [0.2, 0.25) is 0 Å². The average Bonchev–Trinajstić information content (AvgIpc) is 2.25. The first kappa shape index (κ1) is 11.2. The second-order valence-electron chi connectivity index (χ2n) is 3.69. The van der Waals surface area contributed by atoms with Crippen LogP contribution in [0.25, 0.3) is 0 Å². The highest BCUT2D eigenvalue weighted by Gasteiger charge is 1.97. The van der Waals surface area contributed by atoms with Crippen molar-refractivity contribution in [3.63, 3.8) is 0 Å². The van der Waals surface area contributed by atoms with Crippen LogP contribution in [0.4, 0.5) is 0 Å². The molecule has 0 amide bonds. The van der Waals surface area contributed by atoms with Crippen LogP contribution in [0.15, 0.2) is 24.4 Å². The SMILES string of the molecule is CCC(C)NCCCc1ccccn1. The molecular formula is C12H20N2. The minimum Gasteiger partial charge on any atom is -0.314 e. The zero-order valence-electron chi connectivity index (χ0n) is 9.16. The molecule has 0 aliphatic rings. The second kappa shape index (κ2) is 6.55. The predicted octanol–water partition coefficient (Wildman–Crippen LogP) is 2.40. The first-order valence-corrected chi connectivity index (χ1v) is 5.46. The summed E-state index contributed by atoms with van der Waals surface area (Å²) in [7, 11) is 0. The first-order valence-electron chi connectivity index (χ1n) is 5.46. The summed E-state index contributed by atoms with van der Waals surface area (Å²) in [6.45, 7) is 5.52. The van der Waals surface area contributed by atoms with Crippen molar-refractivity contribution in [1.29, 1.82) is 0 Å². The molecule has 0 aromatic carbocycles. The maximum atomic E-state index is 4.29. The average molecular weight is 192 g/mol. The molecule has 0 bridgehead atoms. The molecule has 1 aromatic rings. The highest BCUT2D eigenvalue weighted by atomic mass is 14.9. The molecule has 0 saturated carbocycles. The van der Waals surface area contributed by atoms with Gasteiger partial charge in [-0.2, -0.15) is 0 Å². The van der Waals surface area contributed by atoms with Gasteiger partial charge in [-0.15, -0.1) is 0 Å². The van der Waals surface area contributed by atoms with Gasteiger partial charge in [0, 0.05) is 17.9 Å². The molecule has 0 fully saturated rings. The van der Waals surface area contributed by atoms with E-state index in [1.165, 1.54) is 18.5 Å². The van der Waals surface area contributed by atoms with E-state index in [0.29, 0.717) is 6.04 Å². The van der Waals surface area contributed by atoms with Gasteiger partial charge in [-0.25, -0.2) is 0 Å². The Balaban J connectivity index is 2.10. The third-order valence-electron chi connectivity index (χ3n) is 2.44. The van der Waals surface area contributed by atoms with Crippen LogP contribution >= 0.6 is 0 Å². The van der Waals surface area contributed by atoms with Crippen molar-refractivity contribution in [3.8, 4) is 0 Å². The Kier molecular flexibility index (Phi) is 5.23. The third-order valence-corrected chi connectivity index (χ3v) is 2.44. The zero-order chi connectivity index (χ0) is 10.2. The quantitative estimate of drug-likeness (QED) is 0.700. The van der Waals surface area contributed by atoms with Crippen LogP contribution in [-0.2, 0) is 6.42 Å². The minimum absolute atomic E-state index is 0.638. The molecule has 0 aliphatic heterocycles. The molecule has 78 valence electrons. The molecule has 1 aromatic heterocycles. The maximum absolute atomic E-state index is 4.29. The van der Waals surface area contributed by atoms with Crippen molar-refractivity contribution in [2.75, 3.05) is 6.54 Å². The summed E-state index contributed by atoms with van der Waals surface area (Å²) in [5.41, 5.74) is 1.19. The number of aryl methyl sites for hydroxylation is 1. The van der Waals surface area contributed by atoms with Crippen LogP contribution in [0.2, 0.25) is 0 Å². The maximum Gasteiger partial charge on any atom is 0.0404 e. The van der Waals surface area contributed by atoms with E-state index in [9.17, 15) is 0 Å². The first-order chi connectivity index (χ1) is 6.83. The Morgan fingerprint density at radius 1 is 1.43 bits per heavy atom. The molecule has 14 heavy (non-hydrogen) atoms. The fourth-order valence-corrected chi connectivity index (χ4v) is 1.31. The molecule has 2 nitrogen and oxygen atoms in total. The van der Waals surface area contributed by atoms with E-state index in [1.807, 2.05) is 18.3 Å². The topological polar surface area (TPSA) is 24.9 Å². The number of aromatic nitrogens is 1. The lowest BCUT2D eigenvalue weighted by molar-refractivity contribution is 0.523. The van der Waals surface area contributed by atoms with E-state index < -0.39 is 0 Å². The number of rotatable bonds is 6. The van der Waals surface area contributed by atoms with Gasteiger partial charge in [-0.05, 0) is 44.9 Å². The molecule has 1 unspecified atom stereocenters. The predicted molar refractivity (Wildman–Crippen MR) is 60.3 cm³/mol. The van der Waals surface area contributed by atoms with E-state index >= 15 is 0 Å². The summed E-state index contributed by atoms with van der Waals surface area (Å²) in [5.74, 6) is 0. The molecule has 0 radical (unpaired) electrons. The lowest BCUT2D eigenvalue weighted by atomic mass is 10.2. The van der Waals surface area contributed by atoms with Crippen molar-refractivity contribution in [2.45, 2.75) is 39.2 Å². The van der Waals surface area contributed by atoms with Gasteiger partial charge in [-0.1, -0.05) is 13.0 Å². The minimum atomic E-state index is 0.638. The van der Waals surface area contributed by atoms with Crippen LogP contribution in [0.5, 0.6) is 0 Å². The monoisotopic (exact) mass is 192 g/mol. The summed E-state index contributed by atoms with van der Waals surface area (Å²) in [6.07, 6.45) is 5.30. The lowest BCUT2D eigenvalue weighted by Crippen LogP contribution is -2.26. The summed E-state index contributed by atoms with van der Waals surface area (Å²) < 4.78 is 0. The Hall–Kier alpha value is -0.890. The van der Waals surface area contributed by atoms with Gasteiger partial charge in [0.25, 0.3) is 0 Å². The standard InChI is InChI=1S/C12H20N2/c1-3-11(2)13-10-6-8-12-7-4-5-9-14-12/h4-5,7,9,11,13H,3,6,8,10H2,1-2H3. The molecule has 1 atom stereocenters. The summed E-state index contributed by atoms with van der Waals surface area (Å²) in [5, 5.41) is 3.47. The Morgan fingerprint density at radius 2 is 2.29 bits per heavy atom. The summed E-state index contributed by atoms with van der Waals surface area (Å²) in [4.78, 5) is 4.29. The second-order valence-corrected chi connectivity index (χ2v) is 3.69. The number of nitrogens with zero attached hydrogens (tertiary/aromatic N) is 1. The zero-order valence-corrected chi connectivity index (χ0v) is 9.16. The number of nitrogens with one attached hydrogen (secondary N) is 1. The van der Waals surface area contributed by atoms with Crippen molar-refractivity contribution < 1.29 is 0 Å².